The van der Waals surface area contributed by atoms with Gasteiger partial charge in [-0.15, -0.1) is 5.10 Å². The van der Waals surface area contributed by atoms with Crippen molar-refractivity contribution in [2.45, 2.75) is 19.9 Å². The van der Waals surface area contributed by atoms with Gasteiger partial charge in [-0.1, -0.05) is 30.3 Å². The van der Waals surface area contributed by atoms with Crippen molar-refractivity contribution in [1.82, 2.24) is 14.8 Å². The van der Waals surface area contributed by atoms with Crippen LogP contribution in [0.4, 0.5) is 5.95 Å². The van der Waals surface area contributed by atoms with Crippen molar-refractivity contribution in [3.8, 4) is 22.9 Å². The van der Waals surface area contributed by atoms with Gasteiger partial charge in [0.15, 0.2) is 5.82 Å². The fourth-order valence-corrected chi connectivity index (χ4v) is 3.67. The van der Waals surface area contributed by atoms with Crippen LogP contribution < -0.4 is 14.8 Å². The van der Waals surface area contributed by atoms with E-state index >= 15 is 0 Å². The minimum atomic E-state index is -0.606. The highest BCUT2D eigenvalue weighted by molar-refractivity contribution is 5.92. The molecule has 2 heterocycles. The molecule has 1 unspecified atom stereocenters. The molecule has 1 aromatic heterocycles. The van der Waals surface area contributed by atoms with E-state index in [1.165, 1.54) is 0 Å². The molecule has 0 amide bonds. The number of carbonyl (C=O) groups excluding carboxylic acids is 1. The average molecular weight is 420 g/mol. The van der Waals surface area contributed by atoms with Crippen molar-refractivity contribution in [3.05, 3.63) is 65.4 Å². The predicted octanol–water partition coefficient (Wildman–Crippen LogP) is 3.81. The van der Waals surface area contributed by atoms with Crippen LogP contribution in [0.5, 0.6) is 11.5 Å². The van der Waals surface area contributed by atoms with Gasteiger partial charge in [0.1, 0.15) is 17.5 Å². The summed E-state index contributed by atoms with van der Waals surface area (Å²) in [4.78, 5) is 17.6. The Labute approximate surface area is 180 Å². The predicted molar refractivity (Wildman–Crippen MR) is 116 cm³/mol. The molecule has 8 heteroatoms. The monoisotopic (exact) mass is 420 g/mol. The van der Waals surface area contributed by atoms with Gasteiger partial charge in [0, 0.05) is 16.8 Å². The lowest BCUT2D eigenvalue weighted by Crippen LogP contribution is -2.30. The minimum Gasteiger partial charge on any atom is -0.497 e. The number of carbonyl (C=O) groups is 1. The van der Waals surface area contributed by atoms with Crippen LogP contribution in [0.3, 0.4) is 0 Å². The Morgan fingerprint density at radius 2 is 1.90 bits per heavy atom. The van der Waals surface area contributed by atoms with Crippen molar-refractivity contribution in [3.63, 3.8) is 0 Å². The first kappa shape index (κ1) is 20.5. The number of methoxy groups -OCH3 is 2. The van der Waals surface area contributed by atoms with Gasteiger partial charge in [0.2, 0.25) is 5.95 Å². The molecule has 31 heavy (non-hydrogen) atoms. The Morgan fingerprint density at radius 1 is 1.13 bits per heavy atom. The number of fused-ring (bicyclic) bond motifs is 1. The third kappa shape index (κ3) is 3.72. The zero-order chi connectivity index (χ0) is 22.0. The van der Waals surface area contributed by atoms with E-state index in [0.717, 1.165) is 11.1 Å². The van der Waals surface area contributed by atoms with Gasteiger partial charge in [-0.25, -0.2) is 9.48 Å². The zero-order valence-electron chi connectivity index (χ0n) is 17.9. The summed E-state index contributed by atoms with van der Waals surface area (Å²) in [5, 5.41) is 7.94. The maximum atomic E-state index is 13.0. The van der Waals surface area contributed by atoms with Gasteiger partial charge in [-0.3, -0.25) is 0 Å². The number of nitrogens with zero attached hydrogens (tertiary/aromatic N) is 3. The molecular weight excluding hydrogens is 396 g/mol. The van der Waals surface area contributed by atoms with Crippen LogP contribution >= 0.6 is 0 Å². The first-order valence-electron chi connectivity index (χ1n) is 9.96. The molecule has 8 nitrogen and oxygen atoms in total. The molecule has 0 saturated carbocycles. The summed E-state index contributed by atoms with van der Waals surface area (Å²) >= 11 is 0. The molecule has 160 valence electrons. The van der Waals surface area contributed by atoms with E-state index in [4.69, 9.17) is 19.3 Å². The second-order valence-corrected chi connectivity index (χ2v) is 6.96. The van der Waals surface area contributed by atoms with Gasteiger partial charge in [-0.2, -0.15) is 4.98 Å². The summed E-state index contributed by atoms with van der Waals surface area (Å²) in [6.07, 6.45) is 0. The number of allylic oxidation sites excluding steroid dienone is 1. The Balaban J connectivity index is 1.93. The van der Waals surface area contributed by atoms with Crippen molar-refractivity contribution in [2.75, 3.05) is 26.1 Å². The molecular formula is C23H24N4O4. The van der Waals surface area contributed by atoms with Crippen LogP contribution in [0.1, 0.15) is 25.5 Å². The Bertz CT molecular complexity index is 1140. The maximum Gasteiger partial charge on any atom is 0.338 e. The second-order valence-electron chi connectivity index (χ2n) is 6.96. The molecule has 1 aliphatic rings. The van der Waals surface area contributed by atoms with Gasteiger partial charge in [0.25, 0.3) is 0 Å². The smallest absolute Gasteiger partial charge is 0.338 e. The summed E-state index contributed by atoms with van der Waals surface area (Å²) in [7, 11) is 3.18. The number of aromatic nitrogens is 3. The van der Waals surface area contributed by atoms with Crippen LogP contribution in [0.15, 0.2) is 59.8 Å². The van der Waals surface area contributed by atoms with Crippen molar-refractivity contribution in [1.29, 1.82) is 0 Å². The molecule has 1 atom stereocenters. The van der Waals surface area contributed by atoms with Crippen LogP contribution in [0, 0.1) is 0 Å². The van der Waals surface area contributed by atoms with E-state index in [2.05, 4.69) is 10.3 Å². The van der Waals surface area contributed by atoms with Gasteiger partial charge >= 0.3 is 5.97 Å². The molecule has 3 aromatic rings. The number of rotatable bonds is 6. The van der Waals surface area contributed by atoms with E-state index in [-0.39, 0.29) is 6.61 Å². The number of hydrogen-bond donors (Lipinski definition) is 1. The Kier molecular flexibility index (Phi) is 5.62. The molecule has 0 saturated heterocycles. The van der Waals surface area contributed by atoms with Crippen LogP contribution in [-0.4, -0.2) is 41.6 Å². The first-order chi connectivity index (χ1) is 15.1. The van der Waals surface area contributed by atoms with Crippen molar-refractivity contribution in [2.24, 2.45) is 0 Å². The van der Waals surface area contributed by atoms with Crippen molar-refractivity contribution < 1.29 is 19.0 Å². The number of anilines is 1. The van der Waals surface area contributed by atoms with Gasteiger partial charge in [0.05, 0.1) is 26.4 Å². The van der Waals surface area contributed by atoms with E-state index < -0.39 is 12.0 Å². The zero-order valence-corrected chi connectivity index (χ0v) is 17.9. The summed E-state index contributed by atoms with van der Waals surface area (Å²) < 4.78 is 18.1. The van der Waals surface area contributed by atoms with Gasteiger partial charge in [-0.05, 0) is 32.0 Å². The van der Waals surface area contributed by atoms with Crippen LogP contribution in [-0.2, 0) is 9.53 Å². The molecule has 1 N–H and O–H groups in total. The fraction of sp³-hybridized carbons (Fsp3) is 0.261. The molecule has 0 bridgehead atoms. The lowest BCUT2D eigenvalue weighted by atomic mass is 9.94. The normalized spacial score (nSPS) is 15.2. The molecule has 0 spiro atoms. The average Bonchev–Trinajstić information content (AvgIpc) is 3.22. The van der Waals surface area contributed by atoms with Crippen LogP contribution in [0.2, 0.25) is 0 Å². The Hall–Kier alpha value is -3.81. The first-order valence-corrected chi connectivity index (χ1v) is 9.96. The summed E-state index contributed by atoms with van der Waals surface area (Å²) in [5.74, 6) is 1.89. The highest BCUT2D eigenvalue weighted by Gasteiger charge is 2.37. The highest BCUT2D eigenvalue weighted by Crippen LogP contribution is 2.41. The number of nitrogens with one attached hydrogen (secondary N) is 1. The quantitative estimate of drug-likeness (QED) is 0.607. The molecule has 0 radical (unpaired) electrons. The van der Waals surface area contributed by atoms with Crippen molar-refractivity contribution >= 4 is 11.9 Å². The SMILES string of the molecule is CCOC(=O)C1=C(C)Nc2nc(-c3ccccc3)nn2C1c1cc(OC)ccc1OC. The second kappa shape index (κ2) is 8.51. The highest BCUT2D eigenvalue weighted by atomic mass is 16.5. The third-order valence-corrected chi connectivity index (χ3v) is 5.11. The maximum absolute atomic E-state index is 13.0. The summed E-state index contributed by atoms with van der Waals surface area (Å²) in [6, 6.07) is 14.5. The van der Waals surface area contributed by atoms with E-state index in [1.54, 1.807) is 25.8 Å². The minimum absolute atomic E-state index is 0.261. The number of ether oxygens (including phenoxy) is 3. The largest absolute Gasteiger partial charge is 0.497 e. The Morgan fingerprint density at radius 3 is 2.58 bits per heavy atom. The lowest BCUT2D eigenvalue weighted by molar-refractivity contribution is -0.139. The molecule has 2 aromatic carbocycles. The molecule has 4 rings (SSSR count). The number of hydrogen-bond acceptors (Lipinski definition) is 7. The lowest BCUT2D eigenvalue weighted by Gasteiger charge is -2.29. The van der Waals surface area contributed by atoms with Crippen LogP contribution in [0.25, 0.3) is 11.4 Å². The van der Waals surface area contributed by atoms with E-state index in [1.807, 2.05) is 55.5 Å². The molecule has 0 aliphatic carbocycles. The summed E-state index contributed by atoms with van der Waals surface area (Å²) in [6.45, 7) is 3.86. The number of benzene rings is 2. The standard InChI is InChI=1S/C23H24N4O4/c1-5-31-22(28)19-14(2)24-23-25-21(15-9-7-6-8-10-15)26-27(23)20(19)17-13-16(29-3)11-12-18(17)30-4/h6-13,20H,5H2,1-4H3,(H,24,25,26). The number of esters is 1. The molecule has 0 fully saturated rings. The van der Waals surface area contributed by atoms with E-state index in [9.17, 15) is 4.79 Å². The van der Waals surface area contributed by atoms with Gasteiger partial charge < -0.3 is 19.5 Å². The fourth-order valence-electron chi connectivity index (χ4n) is 3.67. The molecule has 1 aliphatic heterocycles. The van der Waals surface area contributed by atoms with E-state index in [0.29, 0.717) is 34.5 Å². The third-order valence-electron chi connectivity index (χ3n) is 5.11. The summed E-state index contributed by atoms with van der Waals surface area (Å²) in [5.41, 5.74) is 2.67. The topological polar surface area (TPSA) is 87.5 Å².